The molecule has 1 N–H and O–H groups in total. The van der Waals surface area contributed by atoms with Gasteiger partial charge in [0.2, 0.25) is 0 Å². The molecule has 102 valence electrons. The summed E-state index contributed by atoms with van der Waals surface area (Å²) in [5.41, 5.74) is 2.75. The first kappa shape index (κ1) is 15.2. The van der Waals surface area contributed by atoms with E-state index in [9.17, 15) is 5.11 Å². The summed E-state index contributed by atoms with van der Waals surface area (Å²) < 4.78 is 0. The maximum atomic E-state index is 10.1. The van der Waals surface area contributed by atoms with Gasteiger partial charge in [-0.15, -0.1) is 0 Å². The van der Waals surface area contributed by atoms with Gasteiger partial charge in [-0.2, -0.15) is 0 Å². The highest BCUT2D eigenvalue weighted by atomic mass is 16.3. The summed E-state index contributed by atoms with van der Waals surface area (Å²) in [7, 11) is 0. The summed E-state index contributed by atoms with van der Waals surface area (Å²) in [6, 6.07) is 8.40. The van der Waals surface area contributed by atoms with E-state index in [2.05, 4.69) is 58.9 Å². The average molecular weight is 248 g/mol. The van der Waals surface area contributed by atoms with Crippen LogP contribution >= 0.6 is 0 Å². The van der Waals surface area contributed by atoms with Crippen LogP contribution in [0.5, 0.6) is 0 Å². The van der Waals surface area contributed by atoms with Crippen molar-refractivity contribution in [3.63, 3.8) is 0 Å². The molecule has 0 amide bonds. The monoisotopic (exact) mass is 248 g/mol. The molecule has 1 nitrogen and oxygen atoms in total. The van der Waals surface area contributed by atoms with Gasteiger partial charge in [0.15, 0.2) is 0 Å². The van der Waals surface area contributed by atoms with Crippen molar-refractivity contribution in [2.75, 3.05) is 0 Å². The van der Waals surface area contributed by atoms with E-state index >= 15 is 0 Å². The maximum Gasteiger partial charge on any atom is 0.0790 e. The largest absolute Gasteiger partial charge is 0.388 e. The molecule has 1 aromatic carbocycles. The number of hydrogen-bond acceptors (Lipinski definition) is 1. The minimum absolute atomic E-state index is 0.312. The van der Waals surface area contributed by atoms with Crippen LogP contribution in [-0.4, -0.2) is 5.11 Å². The fourth-order valence-electron chi connectivity index (χ4n) is 2.10. The lowest BCUT2D eigenvalue weighted by Crippen LogP contribution is -2.06. The van der Waals surface area contributed by atoms with Crippen molar-refractivity contribution in [1.29, 1.82) is 0 Å². The number of aliphatic hydroxyl groups is 1. The number of hydrogen-bond donors (Lipinski definition) is 1. The van der Waals surface area contributed by atoms with Crippen LogP contribution in [0.15, 0.2) is 24.3 Å². The zero-order valence-electron chi connectivity index (χ0n) is 12.5. The third-order valence-electron chi connectivity index (χ3n) is 3.39. The zero-order chi connectivity index (χ0) is 13.8. The Hall–Kier alpha value is -0.820. The molecule has 0 fully saturated rings. The van der Waals surface area contributed by atoms with Crippen molar-refractivity contribution in [3.05, 3.63) is 35.4 Å². The van der Waals surface area contributed by atoms with E-state index in [1.807, 2.05) is 0 Å². The molecule has 0 aliphatic heterocycles. The third-order valence-corrected chi connectivity index (χ3v) is 3.39. The second kappa shape index (κ2) is 6.38. The minimum Gasteiger partial charge on any atom is -0.388 e. The Labute approximate surface area is 112 Å². The lowest BCUT2D eigenvalue weighted by atomic mass is 9.88. The topological polar surface area (TPSA) is 20.2 Å². The van der Waals surface area contributed by atoms with Gasteiger partial charge < -0.3 is 5.11 Å². The predicted molar refractivity (Wildman–Crippen MR) is 78.8 cm³/mol. The summed E-state index contributed by atoms with van der Waals surface area (Å²) >= 11 is 0. The van der Waals surface area contributed by atoms with Crippen molar-refractivity contribution in [2.45, 2.75) is 65.9 Å². The first-order valence-corrected chi connectivity index (χ1v) is 7.07. The van der Waals surface area contributed by atoms with Gasteiger partial charge in [-0.1, -0.05) is 65.3 Å². The Morgan fingerprint density at radius 3 is 1.94 bits per heavy atom. The van der Waals surface area contributed by atoms with Gasteiger partial charge in [-0.3, -0.25) is 0 Å². The minimum atomic E-state index is -0.312. The van der Waals surface area contributed by atoms with Gasteiger partial charge in [0.25, 0.3) is 0 Å². The fraction of sp³-hybridized carbons (Fsp3) is 0.647. The van der Waals surface area contributed by atoms with Crippen molar-refractivity contribution in [1.82, 2.24) is 0 Å². The van der Waals surface area contributed by atoms with Gasteiger partial charge >= 0.3 is 0 Å². The van der Waals surface area contributed by atoms with E-state index in [0.717, 1.165) is 24.8 Å². The van der Waals surface area contributed by atoms with Crippen LogP contribution in [0.4, 0.5) is 0 Å². The fourth-order valence-corrected chi connectivity index (χ4v) is 2.10. The Bertz CT molecular complexity index is 343. The van der Waals surface area contributed by atoms with Gasteiger partial charge in [-0.25, -0.2) is 0 Å². The Kier molecular flexibility index (Phi) is 5.40. The van der Waals surface area contributed by atoms with Crippen molar-refractivity contribution >= 4 is 0 Å². The first-order chi connectivity index (χ1) is 8.29. The van der Waals surface area contributed by atoms with Crippen LogP contribution < -0.4 is 0 Å². The molecule has 1 aromatic rings. The Morgan fingerprint density at radius 1 is 1.00 bits per heavy atom. The highest BCUT2D eigenvalue weighted by Crippen LogP contribution is 2.26. The van der Waals surface area contributed by atoms with E-state index in [-0.39, 0.29) is 6.10 Å². The van der Waals surface area contributed by atoms with Crippen molar-refractivity contribution < 1.29 is 5.11 Å². The normalized spacial score (nSPS) is 13.9. The van der Waals surface area contributed by atoms with E-state index in [0.29, 0.717) is 11.3 Å². The second-order valence-corrected chi connectivity index (χ2v) is 6.79. The molecule has 0 aliphatic carbocycles. The molecule has 0 heterocycles. The zero-order valence-corrected chi connectivity index (χ0v) is 12.5. The van der Waals surface area contributed by atoms with Gasteiger partial charge in [0, 0.05) is 0 Å². The summed E-state index contributed by atoms with van der Waals surface area (Å²) in [4.78, 5) is 0. The van der Waals surface area contributed by atoms with Gasteiger partial charge in [0.05, 0.1) is 6.10 Å². The SMILES string of the molecule is CC(C)c1ccc(C(O)CCCC(C)(C)C)cc1. The Balaban J connectivity index is 2.49. The van der Waals surface area contributed by atoms with Crippen molar-refractivity contribution in [2.24, 2.45) is 5.41 Å². The Morgan fingerprint density at radius 2 is 1.50 bits per heavy atom. The summed E-state index contributed by atoms with van der Waals surface area (Å²) in [6.07, 6.45) is 2.79. The molecule has 1 rings (SSSR count). The molecule has 0 aromatic heterocycles. The van der Waals surface area contributed by atoms with Gasteiger partial charge in [-0.05, 0) is 35.3 Å². The molecule has 0 bridgehead atoms. The third kappa shape index (κ3) is 5.22. The smallest absolute Gasteiger partial charge is 0.0790 e. The van der Waals surface area contributed by atoms with Crippen LogP contribution in [0.3, 0.4) is 0 Å². The second-order valence-electron chi connectivity index (χ2n) is 6.79. The number of benzene rings is 1. The lowest BCUT2D eigenvalue weighted by Gasteiger charge is -2.19. The van der Waals surface area contributed by atoms with E-state index in [4.69, 9.17) is 0 Å². The standard InChI is InChI=1S/C17H28O/c1-13(2)14-8-10-15(11-9-14)16(18)7-6-12-17(3,4)5/h8-11,13,16,18H,6-7,12H2,1-5H3. The molecule has 0 saturated carbocycles. The lowest BCUT2D eigenvalue weighted by molar-refractivity contribution is 0.158. The van der Waals surface area contributed by atoms with Crippen LogP contribution in [-0.2, 0) is 0 Å². The average Bonchev–Trinajstić information content (AvgIpc) is 2.27. The van der Waals surface area contributed by atoms with E-state index < -0.39 is 0 Å². The first-order valence-electron chi connectivity index (χ1n) is 7.07. The molecule has 1 heteroatoms. The van der Waals surface area contributed by atoms with Crippen LogP contribution in [0.2, 0.25) is 0 Å². The number of aliphatic hydroxyl groups excluding tert-OH is 1. The highest BCUT2D eigenvalue weighted by molar-refractivity contribution is 5.26. The van der Waals surface area contributed by atoms with Crippen LogP contribution in [0.25, 0.3) is 0 Å². The molecule has 1 atom stereocenters. The summed E-state index contributed by atoms with van der Waals surface area (Å²) in [5, 5.41) is 10.1. The number of rotatable bonds is 5. The molecule has 0 radical (unpaired) electrons. The molecule has 0 spiro atoms. The maximum absolute atomic E-state index is 10.1. The molecular weight excluding hydrogens is 220 g/mol. The van der Waals surface area contributed by atoms with Crippen molar-refractivity contribution in [3.8, 4) is 0 Å². The summed E-state index contributed by atoms with van der Waals surface area (Å²) in [5.74, 6) is 0.553. The molecule has 18 heavy (non-hydrogen) atoms. The van der Waals surface area contributed by atoms with E-state index in [1.165, 1.54) is 5.56 Å². The summed E-state index contributed by atoms with van der Waals surface area (Å²) in [6.45, 7) is 11.1. The molecular formula is C17H28O. The molecule has 1 unspecified atom stereocenters. The van der Waals surface area contributed by atoms with E-state index in [1.54, 1.807) is 0 Å². The van der Waals surface area contributed by atoms with Crippen LogP contribution in [0, 0.1) is 5.41 Å². The highest BCUT2D eigenvalue weighted by Gasteiger charge is 2.13. The quantitative estimate of drug-likeness (QED) is 0.772. The predicted octanol–water partition coefficient (Wildman–Crippen LogP) is 5.06. The van der Waals surface area contributed by atoms with Crippen LogP contribution in [0.1, 0.15) is 77.0 Å². The molecule has 0 aliphatic rings. The molecule has 0 saturated heterocycles. The van der Waals surface area contributed by atoms with Gasteiger partial charge in [0.1, 0.15) is 0 Å².